The molecule has 1 saturated heterocycles. The summed E-state index contributed by atoms with van der Waals surface area (Å²) in [7, 11) is 4.68. The number of unbranched alkanes of at least 4 members (excludes halogenated alkanes) is 2. The highest BCUT2D eigenvalue weighted by Crippen LogP contribution is 2.30. The summed E-state index contributed by atoms with van der Waals surface area (Å²) in [6.45, 7) is 12.2. The highest BCUT2D eigenvalue weighted by Gasteiger charge is 2.43. The summed E-state index contributed by atoms with van der Waals surface area (Å²) < 4.78 is 11.9. The van der Waals surface area contributed by atoms with Gasteiger partial charge in [-0.1, -0.05) is 77.8 Å². The summed E-state index contributed by atoms with van der Waals surface area (Å²) in [5, 5.41) is 21.3. The molecule has 71 heavy (non-hydrogen) atoms. The zero-order valence-electron chi connectivity index (χ0n) is 42.8. The maximum atomic E-state index is 14.6. The van der Waals surface area contributed by atoms with Crippen LogP contribution in [0.25, 0.3) is 0 Å². The number of benzene rings is 1. The van der Waals surface area contributed by atoms with Crippen LogP contribution in [-0.4, -0.2) is 161 Å². The molecule has 1 fully saturated rings. The third-order valence-corrected chi connectivity index (χ3v) is 13.4. The lowest BCUT2D eigenvalue weighted by Gasteiger charge is -2.40. The van der Waals surface area contributed by atoms with Gasteiger partial charge in [0.2, 0.25) is 29.6 Å². The number of carbonyl (C=O) groups is 8. The minimum atomic E-state index is -1.16. The van der Waals surface area contributed by atoms with E-state index in [1.54, 1.807) is 55.0 Å². The maximum Gasteiger partial charge on any atom is 0.326 e. The quantitative estimate of drug-likeness (QED) is 0.0579. The topological polar surface area (TPSA) is 259 Å². The van der Waals surface area contributed by atoms with Crippen LogP contribution in [-0.2, 0) is 49.5 Å². The molecule has 20 heteroatoms. The van der Waals surface area contributed by atoms with Crippen molar-refractivity contribution >= 4 is 53.3 Å². The summed E-state index contributed by atoms with van der Waals surface area (Å²) in [5.74, 6) is -4.64. The van der Waals surface area contributed by atoms with Crippen molar-refractivity contribution < 1.29 is 52.9 Å². The van der Waals surface area contributed by atoms with E-state index in [-0.39, 0.29) is 85.4 Å². The van der Waals surface area contributed by atoms with Gasteiger partial charge in [-0.25, -0.2) is 14.8 Å². The lowest BCUT2D eigenvalue weighted by atomic mass is 9.89. The Bertz CT molecular complexity index is 2170. The molecule has 2 aliphatic heterocycles. The molecule has 0 spiro atoms. The molecule has 0 bridgehead atoms. The number of amides is 7. The van der Waals surface area contributed by atoms with E-state index in [9.17, 15) is 43.5 Å². The molecule has 0 aliphatic carbocycles. The third-order valence-electron chi connectivity index (χ3n) is 13.4. The van der Waals surface area contributed by atoms with E-state index in [4.69, 9.17) is 9.47 Å². The molecule has 390 valence electrons. The van der Waals surface area contributed by atoms with Gasteiger partial charge in [-0.15, -0.1) is 0 Å². The Kier molecular flexibility index (Phi) is 22.5. The monoisotopic (exact) mass is 990 g/mol. The number of hydrogen-bond donors (Lipinski definition) is 5. The first kappa shape index (κ1) is 57.3. The number of nitrogens with one attached hydrogen (secondary N) is 4. The molecule has 4 rings (SSSR count). The molecule has 7 amide bonds. The lowest BCUT2D eigenvalue weighted by molar-refractivity contribution is -0.147. The zero-order chi connectivity index (χ0) is 52.4. The predicted octanol–water partition coefficient (Wildman–Crippen LogP) is 3.29. The number of anilines is 1. The number of carboxylic acids is 1. The first-order valence-electron chi connectivity index (χ1n) is 24.7. The summed E-state index contributed by atoms with van der Waals surface area (Å²) in [4.78, 5) is 117. The first-order valence-corrected chi connectivity index (χ1v) is 24.7. The second-order valence-corrected chi connectivity index (χ2v) is 18.8. The van der Waals surface area contributed by atoms with E-state index in [0.29, 0.717) is 57.3 Å². The number of hydrogen-bond acceptors (Lipinski definition) is 13. The number of imide groups is 1. The van der Waals surface area contributed by atoms with E-state index >= 15 is 0 Å². The number of ether oxygens (including phenoxy) is 2. The van der Waals surface area contributed by atoms with E-state index in [1.807, 2.05) is 33.8 Å². The summed E-state index contributed by atoms with van der Waals surface area (Å²) in [6.07, 6.45) is 5.06. The highest BCUT2D eigenvalue weighted by molar-refractivity contribution is 6.12. The normalized spacial score (nSPS) is 17.5. The smallest absolute Gasteiger partial charge is 0.326 e. The number of rotatable bonds is 29. The van der Waals surface area contributed by atoms with E-state index in [2.05, 4.69) is 31.2 Å². The molecule has 1 aromatic carbocycles. The Labute approximate surface area is 417 Å². The second kappa shape index (κ2) is 27.9. The highest BCUT2D eigenvalue weighted by atomic mass is 16.5. The van der Waals surface area contributed by atoms with E-state index in [0.717, 1.165) is 5.56 Å². The lowest BCUT2D eigenvalue weighted by Crippen LogP contribution is -2.56. The van der Waals surface area contributed by atoms with Gasteiger partial charge < -0.3 is 45.6 Å². The molecule has 3 heterocycles. The summed E-state index contributed by atoms with van der Waals surface area (Å²) in [5.41, 5.74) is 1.31. The number of likely N-dealkylation sites (N-methyl/N-ethyl adjacent to an activating group) is 1. The average Bonchev–Trinajstić information content (AvgIpc) is 3.96. The van der Waals surface area contributed by atoms with Crippen molar-refractivity contribution in [1.29, 1.82) is 0 Å². The van der Waals surface area contributed by atoms with Crippen molar-refractivity contribution in [2.45, 2.75) is 136 Å². The number of methoxy groups -OCH3 is 2. The molecule has 7 unspecified atom stereocenters. The Morgan fingerprint density at radius 3 is 2.21 bits per heavy atom. The fourth-order valence-electron chi connectivity index (χ4n) is 9.22. The summed E-state index contributed by atoms with van der Waals surface area (Å²) in [6, 6.07) is 7.53. The van der Waals surface area contributed by atoms with Crippen LogP contribution in [0.1, 0.15) is 108 Å². The number of aliphatic carboxylic acids is 1. The van der Waals surface area contributed by atoms with E-state index < -0.39 is 60.1 Å². The molecule has 0 saturated carbocycles. The maximum absolute atomic E-state index is 14.6. The second-order valence-electron chi connectivity index (χ2n) is 18.8. The number of aryl methyl sites for hydroxylation is 1. The molecule has 0 radical (unpaired) electrons. The molecule has 2 aliphatic rings. The fourth-order valence-corrected chi connectivity index (χ4v) is 9.22. The van der Waals surface area contributed by atoms with Gasteiger partial charge in [0.1, 0.15) is 17.8 Å². The third kappa shape index (κ3) is 16.4. The van der Waals surface area contributed by atoms with Gasteiger partial charge in [0.25, 0.3) is 17.7 Å². The van der Waals surface area contributed by atoms with Crippen LogP contribution in [0.15, 0.2) is 48.6 Å². The molecule has 20 nitrogen and oxygen atoms in total. The van der Waals surface area contributed by atoms with Crippen LogP contribution in [0.4, 0.5) is 5.95 Å². The van der Waals surface area contributed by atoms with Crippen molar-refractivity contribution in [2.24, 2.45) is 17.8 Å². The number of carboxylic acid groups (broad SMARTS) is 1. The van der Waals surface area contributed by atoms with Crippen molar-refractivity contribution in [3.8, 4) is 0 Å². The van der Waals surface area contributed by atoms with E-state index in [1.165, 1.54) is 37.3 Å². The van der Waals surface area contributed by atoms with Crippen LogP contribution >= 0.6 is 0 Å². The van der Waals surface area contributed by atoms with Crippen molar-refractivity contribution in [2.75, 3.05) is 52.8 Å². The van der Waals surface area contributed by atoms with Crippen LogP contribution in [0, 0.1) is 24.7 Å². The van der Waals surface area contributed by atoms with Gasteiger partial charge in [0.05, 0.1) is 36.6 Å². The van der Waals surface area contributed by atoms with Gasteiger partial charge in [-0.2, -0.15) is 0 Å². The zero-order valence-corrected chi connectivity index (χ0v) is 42.8. The molecule has 1 aromatic heterocycles. The fraction of sp³-hybridized carbons (Fsp3) is 0.608. The average molecular weight is 990 g/mol. The van der Waals surface area contributed by atoms with Gasteiger partial charge >= 0.3 is 5.97 Å². The molecular weight excluding hydrogens is 915 g/mol. The van der Waals surface area contributed by atoms with Gasteiger partial charge in [-0.05, 0) is 56.1 Å². The van der Waals surface area contributed by atoms with Crippen LogP contribution in [0.3, 0.4) is 0 Å². The van der Waals surface area contributed by atoms with Crippen LogP contribution in [0.5, 0.6) is 0 Å². The summed E-state index contributed by atoms with van der Waals surface area (Å²) >= 11 is 0. The van der Waals surface area contributed by atoms with Gasteiger partial charge in [-0.3, -0.25) is 38.5 Å². The van der Waals surface area contributed by atoms with Crippen LogP contribution < -0.4 is 21.3 Å². The standard InChI is InChI=1S/C51H75N9O11/c1-10-32(4)45(39(70-8)30-43(64)59-27-17-20-38(59)46(71-9)34(6)47(65)55-37(50(68)69)29-35-18-13-11-14-19-35)58(7)49(67)44(31(2)3)57-51-54-33(5)28-36(56-51)48(66)53-25-24-52-40(61)21-15-12-16-26-60-41(62)22-23-42(60)63/h11,13-14,18-19,22-23,28,31-32,34,37-39,44-46H,10,12,15-17,20-21,24-27,29-30H2,1-9H3,(H,52,61)(H,53,66)(H,55,65)(H,68,69)(H,54,56,57)/t32?,34?,37?,38-,39?,44?,45?,46?/m0/s1. The van der Waals surface area contributed by atoms with Crippen LogP contribution in [0.2, 0.25) is 0 Å². The molecular formula is C51H75N9O11. The number of nitrogens with zero attached hydrogens (tertiary/aromatic N) is 5. The Hall–Kier alpha value is -6.28. The Morgan fingerprint density at radius 1 is 0.915 bits per heavy atom. The Balaban J connectivity index is 1.36. The first-order chi connectivity index (χ1) is 33.8. The van der Waals surface area contributed by atoms with Crippen molar-refractivity contribution in [1.82, 2.24) is 40.6 Å². The minimum Gasteiger partial charge on any atom is -0.480 e. The number of aromatic nitrogens is 2. The van der Waals surface area contributed by atoms with Gasteiger partial charge in [0.15, 0.2) is 0 Å². The largest absolute Gasteiger partial charge is 0.480 e. The SMILES string of the molecule is CCC(C)C(C(CC(=O)N1CCC[C@H]1C(OC)C(C)C(=O)NC(Cc1ccccc1)C(=O)O)OC)N(C)C(=O)C(Nc1nc(C)cc(C(=O)NCCNC(=O)CCCCCN2C(=O)C=CC2=O)n1)C(C)C. The predicted molar refractivity (Wildman–Crippen MR) is 265 cm³/mol. The van der Waals surface area contributed by atoms with Gasteiger partial charge in [0, 0.05) is 78.1 Å². The van der Waals surface area contributed by atoms with Crippen molar-refractivity contribution in [3.05, 3.63) is 65.5 Å². The molecule has 2 aromatic rings. The molecule has 8 atom stereocenters. The molecule has 5 N–H and O–H groups in total. The minimum absolute atomic E-state index is 0.0636. The number of likely N-dealkylation sites (tertiary alicyclic amines) is 1. The van der Waals surface area contributed by atoms with Crippen molar-refractivity contribution in [3.63, 3.8) is 0 Å². The number of carbonyl (C=O) groups excluding carboxylic acids is 7. The Morgan fingerprint density at radius 2 is 1.59 bits per heavy atom.